The van der Waals surface area contributed by atoms with Gasteiger partial charge in [-0.25, -0.2) is 0 Å². The highest BCUT2D eigenvalue weighted by Gasteiger charge is 2.19. The summed E-state index contributed by atoms with van der Waals surface area (Å²) in [6, 6.07) is 6.28. The molecule has 1 rings (SSSR count). The predicted molar refractivity (Wildman–Crippen MR) is 75.2 cm³/mol. The summed E-state index contributed by atoms with van der Waals surface area (Å²) in [6.07, 6.45) is 0.467. The molecule has 1 aromatic carbocycles. The molecule has 0 aromatic heterocycles. The van der Waals surface area contributed by atoms with Crippen molar-refractivity contribution >= 4 is 5.91 Å². The van der Waals surface area contributed by atoms with Gasteiger partial charge in [0.2, 0.25) is 5.91 Å². The van der Waals surface area contributed by atoms with Crippen molar-refractivity contribution in [3.05, 3.63) is 34.9 Å². The van der Waals surface area contributed by atoms with Gasteiger partial charge >= 0.3 is 0 Å². The van der Waals surface area contributed by atoms with Crippen molar-refractivity contribution in [2.24, 2.45) is 11.1 Å². The Morgan fingerprint density at radius 2 is 2.00 bits per heavy atom. The zero-order valence-electron chi connectivity index (χ0n) is 11.8. The van der Waals surface area contributed by atoms with Gasteiger partial charge in [0.25, 0.3) is 0 Å². The highest BCUT2D eigenvalue weighted by molar-refractivity contribution is 5.76. The first-order valence-corrected chi connectivity index (χ1v) is 6.37. The second-order valence-electron chi connectivity index (χ2n) is 5.75. The van der Waals surface area contributed by atoms with Gasteiger partial charge in [0.15, 0.2) is 0 Å². The molecule has 100 valence electrons. The summed E-state index contributed by atoms with van der Waals surface area (Å²) in [6.45, 7) is 9.24. The third-order valence-corrected chi connectivity index (χ3v) is 3.17. The van der Waals surface area contributed by atoms with E-state index in [1.54, 1.807) is 0 Å². The van der Waals surface area contributed by atoms with Gasteiger partial charge in [0.05, 0.1) is 0 Å². The standard InChI is InChI=1S/C15H24N2O/c1-11-5-6-12(2)13(7-11)9-17-14(18)8-15(3,4)10-16/h5-7H,8-10,16H2,1-4H3,(H,17,18). The summed E-state index contributed by atoms with van der Waals surface area (Å²) in [5.74, 6) is 0.0614. The van der Waals surface area contributed by atoms with E-state index in [2.05, 4.69) is 37.4 Å². The zero-order valence-corrected chi connectivity index (χ0v) is 11.8. The van der Waals surface area contributed by atoms with E-state index in [9.17, 15) is 4.79 Å². The van der Waals surface area contributed by atoms with E-state index in [4.69, 9.17) is 5.73 Å². The minimum Gasteiger partial charge on any atom is -0.352 e. The van der Waals surface area contributed by atoms with Crippen LogP contribution in [0.1, 0.15) is 37.0 Å². The van der Waals surface area contributed by atoms with Gasteiger partial charge in [-0.2, -0.15) is 0 Å². The Bertz CT molecular complexity index is 425. The van der Waals surface area contributed by atoms with Gasteiger partial charge in [-0.15, -0.1) is 0 Å². The van der Waals surface area contributed by atoms with Crippen LogP contribution in [0.3, 0.4) is 0 Å². The average molecular weight is 248 g/mol. The van der Waals surface area contributed by atoms with Crippen molar-refractivity contribution in [3.63, 3.8) is 0 Å². The molecule has 0 heterocycles. The molecule has 0 unspecified atom stereocenters. The second-order valence-corrected chi connectivity index (χ2v) is 5.75. The quantitative estimate of drug-likeness (QED) is 0.840. The third-order valence-electron chi connectivity index (χ3n) is 3.17. The lowest BCUT2D eigenvalue weighted by atomic mass is 9.89. The largest absolute Gasteiger partial charge is 0.352 e. The Hall–Kier alpha value is -1.35. The van der Waals surface area contributed by atoms with E-state index in [-0.39, 0.29) is 11.3 Å². The summed E-state index contributed by atoms with van der Waals surface area (Å²) in [7, 11) is 0. The van der Waals surface area contributed by atoms with Gasteiger partial charge in [-0.3, -0.25) is 4.79 Å². The van der Waals surface area contributed by atoms with Crippen LogP contribution in [0.5, 0.6) is 0 Å². The van der Waals surface area contributed by atoms with E-state index in [0.717, 1.165) is 0 Å². The Balaban J connectivity index is 2.55. The fourth-order valence-electron chi connectivity index (χ4n) is 1.75. The van der Waals surface area contributed by atoms with Crippen LogP contribution in [0.25, 0.3) is 0 Å². The molecule has 3 nitrogen and oxygen atoms in total. The van der Waals surface area contributed by atoms with Crippen molar-refractivity contribution in [2.45, 2.75) is 40.7 Å². The molecular formula is C15H24N2O. The molecule has 0 aliphatic carbocycles. The molecule has 3 N–H and O–H groups in total. The lowest BCUT2D eigenvalue weighted by molar-refractivity contribution is -0.123. The Labute approximate surface area is 110 Å². The molecule has 0 aliphatic rings. The summed E-state index contributed by atoms with van der Waals surface area (Å²) in [5.41, 5.74) is 9.09. The molecule has 1 amide bonds. The number of amides is 1. The first-order chi connectivity index (χ1) is 8.34. The molecule has 0 saturated heterocycles. The molecule has 0 spiro atoms. The van der Waals surface area contributed by atoms with Crippen molar-refractivity contribution in [1.29, 1.82) is 0 Å². The Morgan fingerprint density at radius 3 is 2.61 bits per heavy atom. The monoisotopic (exact) mass is 248 g/mol. The predicted octanol–water partition coefficient (Wildman–Crippen LogP) is 2.29. The zero-order chi connectivity index (χ0) is 13.8. The molecule has 0 atom stereocenters. The summed E-state index contributed by atoms with van der Waals surface area (Å²) < 4.78 is 0. The molecule has 3 heteroatoms. The van der Waals surface area contributed by atoms with Gasteiger partial charge in [-0.05, 0) is 36.9 Å². The minimum absolute atomic E-state index is 0.0614. The summed E-state index contributed by atoms with van der Waals surface area (Å²) in [4.78, 5) is 11.8. The maximum Gasteiger partial charge on any atom is 0.220 e. The molecule has 0 saturated carbocycles. The Kier molecular flexibility index (Phi) is 4.91. The molecular weight excluding hydrogens is 224 g/mol. The van der Waals surface area contributed by atoms with E-state index in [1.807, 2.05) is 13.8 Å². The minimum atomic E-state index is -0.133. The maximum absolute atomic E-state index is 11.8. The molecule has 0 radical (unpaired) electrons. The van der Waals surface area contributed by atoms with Crippen molar-refractivity contribution in [3.8, 4) is 0 Å². The van der Waals surface area contributed by atoms with Crippen molar-refractivity contribution in [2.75, 3.05) is 6.54 Å². The van der Waals surface area contributed by atoms with Gasteiger partial charge in [0, 0.05) is 13.0 Å². The molecule has 18 heavy (non-hydrogen) atoms. The first kappa shape index (κ1) is 14.7. The Morgan fingerprint density at radius 1 is 1.33 bits per heavy atom. The van der Waals surface area contributed by atoms with Crippen LogP contribution < -0.4 is 11.1 Å². The average Bonchev–Trinajstić information content (AvgIpc) is 2.30. The van der Waals surface area contributed by atoms with Gasteiger partial charge < -0.3 is 11.1 Å². The van der Waals surface area contributed by atoms with Gasteiger partial charge in [0.1, 0.15) is 0 Å². The van der Waals surface area contributed by atoms with E-state index >= 15 is 0 Å². The van der Waals surface area contributed by atoms with Crippen LogP contribution in [0.4, 0.5) is 0 Å². The van der Waals surface area contributed by atoms with Crippen LogP contribution in [0, 0.1) is 19.3 Å². The first-order valence-electron chi connectivity index (χ1n) is 6.37. The summed E-state index contributed by atoms with van der Waals surface area (Å²) in [5, 5.41) is 2.96. The van der Waals surface area contributed by atoms with E-state index in [0.29, 0.717) is 19.5 Å². The number of hydrogen-bond donors (Lipinski definition) is 2. The van der Waals surface area contributed by atoms with Crippen molar-refractivity contribution < 1.29 is 4.79 Å². The molecule has 1 aromatic rings. The molecule has 0 fully saturated rings. The fraction of sp³-hybridized carbons (Fsp3) is 0.533. The molecule has 0 bridgehead atoms. The lowest BCUT2D eigenvalue weighted by Crippen LogP contribution is -2.32. The SMILES string of the molecule is Cc1ccc(C)c(CNC(=O)CC(C)(C)CN)c1. The maximum atomic E-state index is 11.8. The smallest absolute Gasteiger partial charge is 0.220 e. The number of carbonyl (C=O) groups is 1. The van der Waals surface area contributed by atoms with E-state index < -0.39 is 0 Å². The summed E-state index contributed by atoms with van der Waals surface area (Å²) >= 11 is 0. The highest BCUT2D eigenvalue weighted by atomic mass is 16.1. The lowest BCUT2D eigenvalue weighted by Gasteiger charge is -2.21. The van der Waals surface area contributed by atoms with Crippen LogP contribution in [0.15, 0.2) is 18.2 Å². The van der Waals surface area contributed by atoms with Crippen LogP contribution >= 0.6 is 0 Å². The number of benzene rings is 1. The van der Waals surface area contributed by atoms with Crippen LogP contribution in [-0.4, -0.2) is 12.5 Å². The topological polar surface area (TPSA) is 55.1 Å². The number of aryl methyl sites for hydroxylation is 2. The second kappa shape index (κ2) is 6.01. The third kappa shape index (κ3) is 4.49. The van der Waals surface area contributed by atoms with Gasteiger partial charge in [-0.1, -0.05) is 37.6 Å². The normalized spacial score (nSPS) is 11.4. The number of carbonyl (C=O) groups excluding carboxylic acids is 1. The molecule has 0 aliphatic heterocycles. The highest BCUT2D eigenvalue weighted by Crippen LogP contribution is 2.18. The number of rotatable bonds is 5. The van der Waals surface area contributed by atoms with Crippen LogP contribution in [-0.2, 0) is 11.3 Å². The number of hydrogen-bond acceptors (Lipinski definition) is 2. The fourth-order valence-corrected chi connectivity index (χ4v) is 1.75. The number of nitrogens with two attached hydrogens (primary N) is 1. The van der Waals surface area contributed by atoms with Crippen molar-refractivity contribution in [1.82, 2.24) is 5.32 Å². The van der Waals surface area contributed by atoms with Crippen LogP contribution in [0.2, 0.25) is 0 Å². The van der Waals surface area contributed by atoms with E-state index in [1.165, 1.54) is 16.7 Å². The number of nitrogens with one attached hydrogen (secondary N) is 1.